The number of likely N-dealkylation sites (tertiary alicyclic amines) is 1. The molecule has 0 aliphatic carbocycles. The van der Waals surface area contributed by atoms with Crippen molar-refractivity contribution < 1.29 is 19.8 Å². The fourth-order valence-electron chi connectivity index (χ4n) is 2.24. The number of β-amino-alcohol motifs (C(OH)–C–C–N with tert-alkyl or cyclic N) is 1. The van der Waals surface area contributed by atoms with Crippen LogP contribution in [0, 0.1) is 5.92 Å². The summed E-state index contributed by atoms with van der Waals surface area (Å²) in [5, 5.41) is 18.8. The van der Waals surface area contributed by atoms with Crippen LogP contribution < -0.4 is 0 Å². The topological polar surface area (TPSA) is 81.1 Å². The van der Waals surface area contributed by atoms with Crippen molar-refractivity contribution in [1.29, 1.82) is 0 Å². The number of thioether (sulfide) groups is 1. The Balaban J connectivity index is 2.01. The number of carbonyl (C=O) groups is 2. The zero-order valence-corrected chi connectivity index (χ0v) is 11.1. The van der Waals surface area contributed by atoms with E-state index in [0.29, 0.717) is 24.7 Å². The van der Waals surface area contributed by atoms with Crippen LogP contribution in [0.3, 0.4) is 0 Å². The van der Waals surface area contributed by atoms with Gasteiger partial charge in [-0.1, -0.05) is 6.92 Å². The lowest BCUT2D eigenvalue weighted by Crippen LogP contribution is -2.53. The van der Waals surface area contributed by atoms with Gasteiger partial charge < -0.3 is 20.0 Å². The van der Waals surface area contributed by atoms with Crippen molar-refractivity contribution in [2.75, 3.05) is 24.7 Å². The summed E-state index contributed by atoms with van der Waals surface area (Å²) >= 11 is 1.45. The predicted octanol–water partition coefficient (Wildman–Crippen LogP) is 0.269. The van der Waals surface area contributed by atoms with Crippen molar-refractivity contribution in [1.82, 2.24) is 9.80 Å². The molecule has 18 heavy (non-hydrogen) atoms. The molecule has 2 rings (SSSR count). The maximum atomic E-state index is 12.2. The van der Waals surface area contributed by atoms with Crippen LogP contribution in [0.15, 0.2) is 0 Å². The predicted molar refractivity (Wildman–Crippen MR) is 67.3 cm³/mol. The molecule has 2 N–H and O–H groups in total. The van der Waals surface area contributed by atoms with E-state index >= 15 is 0 Å². The molecule has 2 aliphatic heterocycles. The SMILES string of the molecule is CC1CCN(C(=O)N2CSC[C@H]2C(=O)O)CC1O. The van der Waals surface area contributed by atoms with E-state index in [1.165, 1.54) is 16.7 Å². The molecule has 6 nitrogen and oxygen atoms in total. The maximum Gasteiger partial charge on any atom is 0.327 e. The van der Waals surface area contributed by atoms with Gasteiger partial charge in [0, 0.05) is 18.8 Å². The number of carboxylic acids is 1. The number of urea groups is 1. The van der Waals surface area contributed by atoms with Gasteiger partial charge in [-0.15, -0.1) is 11.8 Å². The van der Waals surface area contributed by atoms with Gasteiger partial charge in [-0.3, -0.25) is 0 Å². The first kappa shape index (κ1) is 13.5. The zero-order chi connectivity index (χ0) is 13.3. The second-order valence-corrected chi connectivity index (χ2v) is 5.89. The van der Waals surface area contributed by atoms with Crippen molar-refractivity contribution in [3.05, 3.63) is 0 Å². The molecule has 0 bridgehead atoms. The van der Waals surface area contributed by atoms with Gasteiger partial charge in [0.25, 0.3) is 0 Å². The zero-order valence-electron chi connectivity index (χ0n) is 10.3. The smallest absolute Gasteiger partial charge is 0.327 e. The molecule has 0 aromatic heterocycles. The number of aliphatic carboxylic acids is 1. The average molecular weight is 274 g/mol. The van der Waals surface area contributed by atoms with Gasteiger partial charge in [0.05, 0.1) is 12.0 Å². The summed E-state index contributed by atoms with van der Waals surface area (Å²) in [5.74, 6) is 0.0859. The summed E-state index contributed by atoms with van der Waals surface area (Å²) in [4.78, 5) is 26.2. The van der Waals surface area contributed by atoms with Crippen LogP contribution >= 0.6 is 11.8 Å². The minimum absolute atomic E-state index is 0.192. The van der Waals surface area contributed by atoms with Gasteiger partial charge in [-0.05, 0) is 12.3 Å². The van der Waals surface area contributed by atoms with E-state index in [-0.39, 0.29) is 11.9 Å². The van der Waals surface area contributed by atoms with Gasteiger partial charge in [0.1, 0.15) is 6.04 Å². The molecule has 0 saturated carbocycles. The molecule has 0 radical (unpaired) electrons. The minimum atomic E-state index is -0.959. The summed E-state index contributed by atoms with van der Waals surface area (Å²) in [7, 11) is 0. The molecule has 3 atom stereocenters. The molecular formula is C11H18N2O4S. The molecule has 2 unspecified atom stereocenters. The highest BCUT2D eigenvalue weighted by atomic mass is 32.2. The third-order valence-corrected chi connectivity index (χ3v) is 4.61. The van der Waals surface area contributed by atoms with Crippen molar-refractivity contribution in [2.45, 2.75) is 25.5 Å². The van der Waals surface area contributed by atoms with Gasteiger partial charge in [0.2, 0.25) is 0 Å². The highest BCUT2D eigenvalue weighted by Crippen LogP contribution is 2.25. The molecule has 0 aromatic rings. The van der Waals surface area contributed by atoms with Crippen LogP contribution in [0.4, 0.5) is 4.79 Å². The number of rotatable bonds is 1. The molecule has 2 amide bonds. The van der Waals surface area contributed by atoms with Crippen LogP contribution in [0.25, 0.3) is 0 Å². The van der Waals surface area contributed by atoms with Gasteiger partial charge in [-0.25, -0.2) is 9.59 Å². The lowest BCUT2D eigenvalue weighted by atomic mass is 9.96. The van der Waals surface area contributed by atoms with Crippen LogP contribution in [-0.2, 0) is 4.79 Å². The number of amides is 2. The largest absolute Gasteiger partial charge is 0.480 e. The average Bonchev–Trinajstić information content (AvgIpc) is 2.81. The van der Waals surface area contributed by atoms with E-state index in [0.717, 1.165) is 6.42 Å². The Hall–Kier alpha value is -0.950. The van der Waals surface area contributed by atoms with E-state index < -0.39 is 18.1 Å². The lowest BCUT2D eigenvalue weighted by molar-refractivity contribution is -0.141. The molecule has 0 spiro atoms. The number of carbonyl (C=O) groups excluding carboxylic acids is 1. The van der Waals surface area contributed by atoms with E-state index in [1.54, 1.807) is 4.90 Å². The highest BCUT2D eigenvalue weighted by molar-refractivity contribution is 7.99. The quantitative estimate of drug-likeness (QED) is 0.717. The van der Waals surface area contributed by atoms with Crippen LogP contribution in [0.5, 0.6) is 0 Å². The first-order valence-electron chi connectivity index (χ1n) is 6.05. The van der Waals surface area contributed by atoms with E-state index in [1.807, 2.05) is 6.92 Å². The number of aliphatic hydroxyl groups excluding tert-OH is 1. The first-order chi connectivity index (χ1) is 8.50. The van der Waals surface area contributed by atoms with Crippen LogP contribution in [0.1, 0.15) is 13.3 Å². The van der Waals surface area contributed by atoms with Crippen molar-refractivity contribution >= 4 is 23.8 Å². The Morgan fingerprint density at radius 3 is 2.72 bits per heavy atom. The number of aliphatic hydroxyl groups is 1. The second-order valence-electron chi connectivity index (χ2n) is 4.89. The fraction of sp³-hybridized carbons (Fsp3) is 0.818. The molecule has 2 heterocycles. The van der Waals surface area contributed by atoms with Gasteiger partial charge >= 0.3 is 12.0 Å². The van der Waals surface area contributed by atoms with Gasteiger partial charge in [-0.2, -0.15) is 0 Å². The van der Waals surface area contributed by atoms with E-state index in [9.17, 15) is 14.7 Å². The Kier molecular flexibility index (Phi) is 4.01. The third kappa shape index (κ3) is 2.56. The lowest BCUT2D eigenvalue weighted by Gasteiger charge is -2.37. The van der Waals surface area contributed by atoms with Gasteiger partial charge in [0.15, 0.2) is 0 Å². The highest BCUT2D eigenvalue weighted by Gasteiger charge is 2.38. The molecule has 7 heteroatoms. The number of carboxylic acid groups (broad SMARTS) is 1. The number of piperidine rings is 1. The first-order valence-corrected chi connectivity index (χ1v) is 7.20. The normalized spacial score (nSPS) is 32.7. The number of hydrogen-bond donors (Lipinski definition) is 2. The number of nitrogens with zero attached hydrogens (tertiary/aromatic N) is 2. The summed E-state index contributed by atoms with van der Waals surface area (Å²) in [6.45, 7) is 2.84. The second kappa shape index (κ2) is 5.36. The standard InChI is InChI=1S/C11H18N2O4S/c1-7-2-3-12(4-9(7)14)11(17)13-6-18-5-8(13)10(15)16/h7-9,14H,2-6H2,1H3,(H,15,16)/t7?,8-,9?/m0/s1. The summed E-state index contributed by atoms with van der Waals surface area (Å²) in [6, 6.07) is -1.00. The molecular weight excluding hydrogens is 256 g/mol. The van der Waals surface area contributed by atoms with Crippen LogP contribution in [0.2, 0.25) is 0 Å². The Labute approximate surface area is 110 Å². The monoisotopic (exact) mass is 274 g/mol. The molecule has 2 aliphatic rings. The Bertz CT molecular complexity index is 352. The molecule has 102 valence electrons. The molecule has 2 saturated heterocycles. The summed E-state index contributed by atoms with van der Waals surface area (Å²) in [6.07, 6.45) is 0.243. The van der Waals surface area contributed by atoms with Crippen LogP contribution in [-0.4, -0.2) is 68.9 Å². The Morgan fingerprint density at radius 1 is 1.39 bits per heavy atom. The fourth-order valence-corrected chi connectivity index (χ4v) is 3.38. The van der Waals surface area contributed by atoms with Crippen molar-refractivity contribution in [3.8, 4) is 0 Å². The summed E-state index contributed by atoms with van der Waals surface area (Å²) < 4.78 is 0. The van der Waals surface area contributed by atoms with E-state index in [4.69, 9.17) is 5.11 Å². The van der Waals surface area contributed by atoms with E-state index in [2.05, 4.69) is 0 Å². The summed E-state index contributed by atoms with van der Waals surface area (Å²) in [5.41, 5.74) is 0. The molecule has 2 fully saturated rings. The maximum absolute atomic E-state index is 12.2. The molecule has 0 aromatic carbocycles. The van der Waals surface area contributed by atoms with Crippen molar-refractivity contribution in [3.63, 3.8) is 0 Å². The van der Waals surface area contributed by atoms with Crippen molar-refractivity contribution in [2.24, 2.45) is 5.92 Å². The minimum Gasteiger partial charge on any atom is -0.480 e. The third-order valence-electron chi connectivity index (χ3n) is 3.60. The Morgan fingerprint density at radius 2 is 2.11 bits per heavy atom. The number of hydrogen-bond acceptors (Lipinski definition) is 4.